The first-order valence-electron chi connectivity index (χ1n) is 8.89. The van der Waals surface area contributed by atoms with Gasteiger partial charge in [-0.25, -0.2) is 4.79 Å². The molecule has 1 aromatic heterocycles. The standard InChI is InChI=1S/C22H18ClNO4/c1-13-9-17(23)11-18(20(25)26)19(13)24-21(27)22(6-7-22)16-4-2-3-14(10-16)15-5-8-28-12-15/h2-5,8-12H,6-7H2,1H3,(H,24,27)(H,25,26). The Morgan fingerprint density at radius 3 is 2.57 bits per heavy atom. The van der Waals surface area contributed by atoms with Crippen molar-refractivity contribution in [3.63, 3.8) is 0 Å². The third kappa shape index (κ3) is 3.18. The molecule has 1 aliphatic rings. The number of hydrogen-bond acceptors (Lipinski definition) is 3. The molecule has 1 amide bonds. The monoisotopic (exact) mass is 395 g/mol. The summed E-state index contributed by atoms with van der Waals surface area (Å²) in [6.45, 7) is 1.73. The molecular weight excluding hydrogens is 378 g/mol. The molecule has 0 atom stereocenters. The van der Waals surface area contributed by atoms with E-state index in [0.717, 1.165) is 16.7 Å². The summed E-state index contributed by atoms with van der Waals surface area (Å²) >= 11 is 5.98. The number of carbonyl (C=O) groups excluding carboxylic acids is 1. The van der Waals surface area contributed by atoms with Gasteiger partial charge in [-0.05, 0) is 60.7 Å². The topological polar surface area (TPSA) is 79.5 Å². The van der Waals surface area contributed by atoms with Gasteiger partial charge < -0.3 is 14.8 Å². The van der Waals surface area contributed by atoms with Crippen molar-refractivity contribution in [2.75, 3.05) is 5.32 Å². The van der Waals surface area contributed by atoms with Gasteiger partial charge in [-0.15, -0.1) is 0 Å². The molecule has 6 heteroatoms. The van der Waals surface area contributed by atoms with E-state index >= 15 is 0 Å². The van der Waals surface area contributed by atoms with Crippen LogP contribution in [0.3, 0.4) is 0 Å². The van der Waals surface area contributed by atoms with Crippen LogP contribution in [0.4, 0.5) is 5.69 Å². The van der Waals surface area contributed by atoms with Crippen molar-refractivity contribution < 1.29 is 19.1 Å². The summed E-state index contributed by atoms with van der Waals surface area (Å²) in [6, 6.07) is 12.7. The molecule has 0 radical (unpaired) electrons. The molecule has 142 valence electrons. The Kier molecular flexibility index (Phi) is 4.47. The van der Waals surface area contributed by atoms with Crippen molar-refractivity contribution in [1.29, 1.82) is 0 Å². The highest BCUT2D eigenvalue weighted by molar-refractivity contribution is 6.31. The molecular formula is C22H18ClNO4. The summed E-state index contributed by atoms with van der Waals surface area (Å²) < 4.78 is 5.15. The molecule has 2 aromatic carbocycles. The second kappa shape index (κ2) is 6.84. The minimum absolute atomic E-state index is 0.0127. The molecule has 0 aliphatic heterocycles. The molecule has 4 rings (SSSR count). The van der Waals surface area contributed by atoms with E-state index in [-0.39, 0.29) is 11.5 Å². The highest BCUT2D eigenvalue weighted by Crippen LogP contribution is 2.50. The quantitative estimate of drug-likeness (QED) is 0.616. The fourth-order valence-corrected chi connectivity index (χ4v) is 3.78. The first-order valence-corrected chi connectivity index (χ1v) is 9.26. The van der Waals surface area contributed by atoms with Crippen LogP contribution < -0.4 is 5.32 Å². The van der Waals surface area contributed by atoms with E-state index in [9.17, 15) is 14.7 Å². The molecule has 0 bridgehead atoms. The summed E-state index contributed by atoms with van der Waals surface area (Å²) in [4.78, 5) is 24.8. The number of amides is 1. The lowest BCUT2D eigenvalue weighted by Crippen LogP contribution is -2.29. The SMILES string of the molecule is Cc1cc(Cl)cc(C(=O)O)c1NC(=O)C1(c2cccc(-c3ccoc3)c2)CC1. The highest BCUT2D eigenvalue weighted by Gasteiger charge is 2.51. The first kappa shape index (κ1) is 18.3. The van der Waals surface area contributed by atoms with Crippen LogP contribution >= 0.6 is 11.6 Å². The molecule has 1 aliphatic carbocycles. The second-order valence-electron chi connectivity index (χ2n) is 7.08. The first-order chi connectivity index (χ1) is 13.4. The average Bonchev–Trinajstić information content (AvgIpc) is 3.30. The van der Waals surface area contributed by atoms with Crippen molar-refractivity contribution >= 4 is 29.2 Å². The molecule has 5 nitrogen and oxygen atoms in total. The lowest BCUT2D eigenvalue weighted by atomic mass is 9.92. The van der Waals surface area contributed by atoms with E-state index in [4.69, 9.17) is 16.0 Å². The predicted octanol–water partition coefficient (Wildman–Crippen LogP) is 5.28. The van der Waals surface area contributed by atoms with Crippen LogP contribution in [0.15, 0.2) is 59.4 Å². The zero-order valence-corrected chi connectivity index (χ0v) is 15.9. The van der Waals surface area contributed by atoms with Crippen molar-refractivity contribution in [2.45, 2.75) is 25.2 Å². The summed E-state index contributed by atoms with van der Waals surface area (Å²) in [7, 11) is 0. The van der Waals surface area contributed by atoms with Crippen LogP contribution in [0.1, 0.15) is 34.3 Å². The Labute approximate surface area is 166 Å². The van der Waals surface area contributed by atoms with Crippen molar-refractivity contribution in [3.05, 3.63) is 76.7 Å². The van der Waals surface area contributed by atoms with Gasteiger partial charge in [0.05, 0.1) is 29.2 Å². The van der Waals surface area contributed by atoms with Gasteiger partial charge in [-0.2, -0.15) is 0 Å². The van der Waals surface area contributed by atoms with Gasteiger partial charge in [0.1, 0.15) is 0 Å². The van der Waals surface area contributed by atoms with E-state index in [1.807, 2.05) is 30.3 Å². The number of hydrogen-bond donors (Lipinski definition) is 2. The fraction of sp³-hybridized carbons (Fsp3) is 0.182. The predicted molar refractivity (Wildman–Crippen MR) is 107 cm³/mol. The zero-order valence-electron chi connectivity index (χ0n) is 15.2. The maximum atomic E-state index is 13.2. The lowest BCUT2D eigenvalue weighted by molar-refractivity contribution is -0.118. The Morgan fingerprint density at radius 2 is 1.93 bits per heavy atom. The molecule has 0 saturated heterocycles. The summed E-state index contributed by atoms with van der Waals surface area (Å²) in [6.07, 6.45) is 4.69. The van der Waals surface area contributed by atoms with Crippen LogP contribution in [0.5, 0.6) is 0 Å². The van der Waals surface area contributed by atoms with Gasteiger partial charge in [0.15, 0.2) is 0 Å². The summed E-state index contributed by atoms with van der Waals surface area (Å²) in [5, 5.41) is 12.7. The maximum Gasteiger partial charge on any atom is 0.337 e. The van der Waals surface area contributed by atoms with E-state index in [2.05, 4.69) is 5.32 Å². The number of aromatic carboxylic acids is 1. The van der Waals surface area contributed by atoms with Gasteiger partial charge in [-0.1, -0.05) is 29.8 Å². The van der Waals surface area contributed by atoms with Gasteiger partial charge >= 0.3 is 5.97 Å². The van der Waals surface area contributed by atoms with Crippen LogP contribution in [0, 0.1) is 6.92 Å². The number of benzene rings is 2. The van der Waals surface area contributed by atoms with Crippen LogP contribution in [0.2, 0.25) is 5.02 Å². The number of halogens is 1. The number of aryl methyl sites for hydroxylation is 1. The number of carbonyl (C=O) groups is 2. The number of carboxylic acids is 1. The van der Waals surface area contributed by atoms with E-state index in [1.165, 1.54) is 6.07 Å². The minimum Gasteiger partial charge on any atom is -0.478 e. The number of rotatable bonds is 5. The smallest absolute Gasteiger partial charge is 0.337 e. The van der Waals surface area contributed by atoms with Gasteiger partial charge in [0.2, 0.25) is 5.91 Å². The largest absolute Gasteiger partial charge is 0.478 e. The second-order valence-corrected chi connectivity index (χ2v) is 7.52. The number of furan rings is 1. The minimum atomic E-state index is -1.13. The molecule has 28 heavy (non-hydrogen) atoms. The molecule has 0 unspecified atom stereocenters. The Hall–Kier alpha value is -3.05. The Balaban J connectivity index is 1.67. The van der Waals surface area contributed by atoms with Gasteiger partial charge in [0, 0.05) is 10.6 Å². The highest BCUT2D eigenvalue weighted by atomic mass is 35.5. The summed E-state index contributed by atoms with van der Waals surface area (Å²) in [5.41, 5.74) is 3.06. The van der Waals surface area contributed by atoms with Crippen molar-refractivity contribution in [3.8, 4) is 11.1 Å². The number of nitrogens with one attached hydrogen (secondary N) is 1. The Bertz CT molecular complexity index is 1070. The van der Waals surface area contributed by atoms with Crippen molar-refractivity contribution in [1.82, 2.24) is 0 Å². The fourth-order valence-electron chi connectivity index (χ4n) is 3.51. The Morgan fingerprint density at radius 1 is 1.14 bits per heavy atom. The summed E-state index contributed by atoms with van der Waals surface area (Å²) in [5.74, 6) is -1.34. The van der Waals surface area contributed by atoms with E-state index in [0.29, 0.717) is 29.1 Å². The van der Waals surface area contributed by atoms with Crippen LogP contribution in [-0.2, 0) is 10.2 Å². The lowest BCUT2D eigenvalue weighted by Gasteiger charge is -2.19. The van der Waals surface area contributed by atoms with E-state index < -0.39 is 11.4 Å². The van der Waals surface area contributed by atoms with Gasteiger partial charge in [0.25, 0.3) is 0 Å². The molecule has 1 fully saturated rings. The molecule has 1 saturated carbocycles. The van der Waals surface area contributed by atoms with Crippen LogP contribution in [0.25, 0.3) is 11.1 Å². The number of carboxylic acid groups (broad SMARTS) is 1. The third-order valence-corrected chi connectivity index (χ3v) is 5.44. The molecule has 1 heterocycles. The normalized spacial score (nSPS) is 14.5. The van der Waals surface area contributed by atoms with E-state index in [1.54, 1.807) is 25.5 Å². The van der Waals surface area contributed by atoms with Crippen LogP contribution in [-0.4, -0.2) is 17.0 Å². The third-order valence-electron chi connectivity index (χ3n) is 5.22. The van der Waals surface area contributed by atoms with Gasteiger partial charge in [-0.3, -0.25) is 4.79 Å². The van der Waals surface area contributed by atoms with Crippen molar-refractivity contribution in [2.24, 2.45) is 0 Å². The number of anilines is 1. The maximum absolute atomic E-state index is 13.2. The molecule has 2 N–H and O–H groups in total. The molecule has 0 spiro atoms. The molecule has 3 aromatic rings. The average molecular weight is 396 g/mol. The zero-order chi connectivity index (χ0) is 19.9.